The van der Waals surface area contributed by atoms with Crippen LogP contribution >= 0.6 is 11.3 Å². The molecule has 2 fully saturated rings. The van der Waals surface area contributed by atoms with E-state index in [4.69, 9.17) is 9.47 Å². The normalized spacial score (nSPS) is 21.8. The Bertz CT molecular complexity index is 702. The Morgan fingerprint density at radius 1 is 1.40 bits per heavy atom. The highest BCUT2D eigenvalue weighted by atomic mass is 32.1. The van der Waals surface area contributed by atoms with Crippen molar-refractivity contribution < 1.29 is 14.3 Å². The van der Waals surface area contributed by atoms with Crippen molar-refractivity contribution in [2.75, 3.05) is 26.3 Å². The molecule has 0 bridgehead atoms. The van der Waals surface area contributed by atoms with Crippen LogP contribution in [0.4, 0.5) is 0 Å². The number of hydrogen-bond donors (Lipinski definition) is 0. The van der Waals surface area contributed by atoms with Gasteiger partial charge in [0.15, 0.2) is 0 Å². The number of aromatic nitrogens is 2. The summed E-state index contributed by atoms with van der Waals surface area (Å²) in [4.78, 5) is 22.4. The van der Waals surface area contributed by atoms with Crippen molar-refractivity contribution in [1.82, 2.24) is 14.9 Å². The molecule has 1 atom stereocenters. The zero-order valence-electron chi connectivity index (χ0n) is 14.0. The van der Waals surface area contributed by atoms with Crippen LogP contribution in [0.25, 0.3) is 0 Å². The minimum absolute atomic E-state index is 0.113. The average molecular weight is 359 g/mol. The zero-order valence-corrected chi connectivity index (χ0v) is 14.8. The number of nitrogens with zero attached hydrogens (tertiary/aromatic N) is 3. The highest BCUT2D eigenvalue weighted by Gasteiger charge is 2.49. The number of carbonyl (C=O) groups is 1. The highest BCUT2D eigenvalue weighted by Crippen LogP contribution is 2.38. The summed E-state index contributed by atoms with van der Waals surface area (Å²) in [6, 6.07) is 4.08. The lowest BCUT2D eigenvalue weighted by atomic mass is 9.79. The Hall–Kier alpha value is -1.99. The molecule has 0 radical (unpaired) electrons. The highest BCUT2D eigenvalue weighted by molar-refractivity contribution is 7.08. The van der Waals surface area contributed by atoms with Gasteiger partial charge in [-0.1, -0.05) is 0 Å². The first-order valence-electron chi connectivity index (χ1n) is 8.59. The molecule has 7 heteroatoms. The van der Waals surface area contributed by atoms with E-state index < -0.39 is 0 Å². The molecule has 0 N–H and O–H groups in total. The van der Waals surface area contributed by atoms with Gasteiger partial charge in [-0.15, -0.1) is 0 Å². The van der Waals surface area contributed by atoms with Gasteiger partial charge in [0.05, 0.1) is 25.3 Å². The molecule has 0 unspecified atom stereocenters. The second kappa shape index (κ2) is 7.09. The van der Waals surface area contributed by atoms with Crippen LogP contribution < -0.4 is 4.74 Å². The fourth-order valence-electron chi connectivity index (χ4n) is 3.63. The Labute approximate surface area is 150 Å². The summed E-state index contributed by atoms with van der Waals surface area (Å²) >= 11 is 1.55. The number of amides is 1. The van der Waals surface area contributed by atoms with Gasteiger partial charge in [-0.05, 0) is 42.7 Å². The number of carbonyl (C=O) groups excluding carboxylic acids is 1. The lowest BCUT2D eigenvalue weighted by Gasteiger charge is -2.53. The smallest absolute Gasteiger partial charge is 0.316 e. The van der Waals surface area contributed by atoms with Crippen LogP contribution in [0.1, 0.15) is 29.6 Å². The molecule has 2 aliphatic rings. The third-order valence-corrected chi connectivity index (χ3v) is 5.59. The van der Waals surface area contributed by atoms with Gasteiger partial charge >= 0.3 is 6.01 Å². The number of rotatable bonds is 5. The minimum Gasteiger partial charge on any atom is -0.463 e. The van der Waals surface area contributed by atoms with Crippen molar-refractivity contribution in [3.8, 4) is 6.01 Å². The largest absolute Gasteiger partial charge is 0.463 e. The van der Waals surface area contributed by atoms with Crippen molar-refractivity contribution in [1.29, 1.82) is 0 Å². The van der Waals surface area contributed by atoms with Gasteiger partial charge in [0.25, 0.3) is 5.91 Å². The van der Waals surface area contributed by atoms with Crippen LogP contribution in [-0.4, -0.2) is 52.7 Å². The Kier molecular flexibility index (Phi) is 4.67. The average Bonchev–Trinajstić information content (AvgIpc) is 3.15. The van der Waals surface area contributed by atoms with Crippen LogP contribution in [0.15, 0.2) is 35.3 Å². The summed E-state index contributed by atoms with van der Waals surface area (Å²) in [5.41, 5.74) is 0.626. The van der Waals surface area contributed by atoms with Gasteiger partial charge in [-0.2, -0.15) is 11.3 Å². The first-order chi connectivity index (χ1) is 12.2. The molecule has 0 saturated carbocycles. The molecule has 2 saturated heterocycles. The predicted molar refractivity (Wildman–Crippen MR) is 93.8 cm³/mol. The molecular weight excluding hydrogens is 338 g/mol. The Morgan fingerprint density at radius 2 is 2.24 bits per heavy atom. The molecule has 2 aromatic heterocycles. The molecular formula is C18H21N3O3S. The first kappa shape index (κ1) is 16.5. The second-order valence-corrected chi connectivity index (χ2v) is 7.51. The summed E-state index contributed by atoms with van der Waals surface area (Å²) in [6.07, 6.45) is 6.35. The van der Waals surface area contributed by atoms with Crippen LogP contribution in [0.5, 0.6) is 6.01 Å². The van der Waals surface area contributed by atoms with E-state index in [0.29, 0.717) is 31.6 Å². The van der Waals surface area contributed by atoms with E-state index in [-0.39, 0.29) is 11.5 Å². The predicted octanol–water partition coefficient (Wildman–Crippen LogP) is 2.63. The topological polar surface area (TPSA) is 64.6 Å². The number of ether oxygens (including phenoxy) is 2. The molecule has 1 spiro atoms. The van der Waals surface area contributed by atoms with Gasteiger partial charge < -0.3 is 14.4 Å². The molecule has 2 aromatic rings. The van der Waals surface area contributed by atoms with E-state index in [0.717, 1.165) is 31.4 Å². The van der Waals surface area contributed by atoms with E-state index in [1.807, 2.05) is 21.7 Å². The zero-order chi connectivity index (χ0) is 17.1. The van der Waals surface area contributed by atoms with E-state index in [9.17, 15) is 4.79 Å². The standard InChI is InChI=1S/C18H21N3O3S/c22-16(15-4-9-25-11-15)21-12-18(13-21)10-14(3-8-24-18)2-7-23-17-19-5-1-6-20-17/h1,4-6,9,11,14H,2-3,7-8,10,12-13H2/t14-/m0/s1. The van der Waals surface area contributed by atoms with E-state index >= 15 is 0 Å². The van der Waals surface area contributed by atoms with Crippen molar-refractivity contribution in [2.24, 2.45) is 5.92 Å². The summed E-state index contributed by atoms with van der Waals surface area (Å²) in [6.45, 7) is 2.76. The van der Waals surface area contributed by atoms with Crippen molar-refractivity contribution >= 4 is 17.2 Å². The fraction of sp³-hybridized carbons (Fsp3) is 0.500. The van der Waals surface area contributed by atoms with Crippen LogP contribution in [0.3, 0.4) is 0 Å². The van der Waals surface area contributed by atoms with Gasteiger partial charge in [-0.3, -0.25) is 4.79 Å². The van der Waals surface area contributed by atoms with Gasteiger partial charge in [0, 0.05) is 24.4 Å². The third-order valence-electron chi connectivity index (χ3n) is 4.91. The van der Waals surface area contributed by atoms with Crippen molar-refractivity contribution in [3.05, 3.63) is 40.8 Å². The number of likely N-dealkylation sites (tertiary alicyclic amines) is 1. The van der Waals surface area contributed by atoms with Crippen LogP contribution in [-0.2, 0) is 4.74 Å². The summed E-state index contributed by atoms with van der Waals surface area (Å²) in [5, 5.41) is 3.84. The maximum absolute atomic E-state index is 12.4. The van der Waals surface area contributed by atoms with E-state index in [2.05, 4.69) is 9.97 Å². The maximum atomic E-state index is 12.4. The van der Waals surface area contributed by atoms with Gasteiger partial charge in [0.1, 0.15) is 5.60 Å². The SMILES string of the molecule is O=C(c1ccsc1)N1CC2(C[C@@H](CCOc3ncccn3)CCO2)C1. The molecule has 6 nitrogen and oxygen atoms in total. The van der Waals surface area contributed by atoms with E-state index in [1.54, 1.807) is 29.8 Å². The molecule has 0 aliphatic carbocycles. The Morgan fingerprint density at radius 3 is 3.00 bits per heavy atom. The quantitative estimate of drug-likeness (QED) is 0.821. The summed E-state index contributed by atoms with van der Waals surface area (Å²) in [7, 11) is 0. The third kappa shape index (κ3) is 3.67. The Balaban J connectivity index is 1.25. The molecule has 0 aromatic carbocycles. The molecule has 25 heavy (non-hydrogen) atoms. The molecule has 2 aliphatic heterocycles. The maximum Gasteiger partial charge on any atom is 0.316 e. The summed E-state index contributed by atoms with van der Waals surface area (Å²) < 4.78 is 11.6. The fourth-order valence-corrected chi connectivity index (χ4v) is 4.26. The molecule has 132 valence electrons. The van der Waals surface area contributed by atoms with Crippen LogP contribution in [0.2, 0.25) is 0 Å². The first-order valence-corrected chi connectivity index (χ1v) is 9.54. The lowest BCUT2D eigenvalue weighted by Crippen LogP contribution is -2.66. The van der Waals surface area contributed by atoms with E-state index in [1.165, 1.54) is 0 Å². The molecule has 4 rings (SSSR count). The van der Waals surface area contributed by atoms with Crippen LogP contribution in [0, 0.1) is 5.92 Å². The molecule has 4 heterocycles. The number of hydrogen-bond acceptors (Lipinski definition) is 6. The second-order valence-electron chi connectivity index (χ2n) is 6.73. The molecule has 1 amide bonds. The van der Waals surface area contributed by atoms with Gasteiger partial charge in [0.2, 0.25) is 0 Å². The number of thiophene rings is 1. The lowest BCUT2D eigenvalue weighted by molar-refractivity contribution is -0.166. The van der Waals surface area contributed by atoms with Crippen molar-refractivity contribution in [2.45, 2.75) is 24.9 Å². The van der Waals surface area contributed by atoms with Crippen molar-refractivity contribution in [3.63, 3.8) is 0 Å². The van der Waals surface area contributed by atoms with Gasteiger partial charge in [-0.25, -0.2) is 9.97 Å². The minimum atomic E-state index is -0.155. The summed E-state index contributed by atoms with van der Waals surface area (Å²) in [5.74, 6) is 0.665. The monoisotopic (exact) mass is 359 g/mol.